The minimum atomic E-state index is -0.241. The first kappa shape index (κ1) is 5.65. The van der Waals surface area contributed by atoms with E-state index in [0.29, 0.717) is 0 Å². The van der Waals surface area contributed by atoms with Crippen molar-refractivity contribution in [1.82, 2.24) is 0 Å². The van der Waals surface area contributed by atoms with Crippen LogP contribution in [0.3, 0.4) is 0 Å². The third-order valence-electron chi connectivity index (χ3n) is 0.263. The predicted octanol–water partition coefficient (Wildman–Crippen LogP) is 0.947. The molecule has 0 saturated carbocycles. The number of aliphatic hydroxyl groups excluding tert-OH is 1. The summed E-state index contributed by atoms with van der Waals surface area (Å²) in [6.07, 6.45) is 1.69. The fourth-order valence-corrected chi connectivity index (χ4v) is 0.138. The Balaban J connectivity index is 3.20. The summed E-state index contributed by atoms with van der Waals surface area (Å²) >= 11 is 5.24. The van der Waals surface area contributed by atoms with Gasteiger partial charge in [0.05, 0.1) is 5.38 Å². The van der Waals surface area contributed by atoms with E-state index in [2.05, 4.69) is 5.92 Å². The van der Waals surface area contributed by atoms with Crippen LogP contribution < -0.4 is 0 Å². The van der Waals surface area contributed by atoms with Crippen molar-refractivity contribution in [2.24, 2.45) is 0 Å². The molecule has 0 bridgehead atoms. The van der Waals surface area contributed by atoms with Crippen LogP contribution in [0.5, 0.6) is 0 Å². The minimum Gasteiger partial charge on any atom is -0.462 e. The molecule has 0 aliphatic heterocycles. The topological polar surface area (TPSA) is 20.2 Å². The molecule has 0 radical (unpaired) electrons. The van der Waals surface area contributed by atoms with Gasteiger partial charge in [0.1, 0.15) is 6.11 Å². The number of aliphatic hydroxyl groups is 1. The van der Waals surface area contributed by atoms with E-state index < -0.39 is 0 Å². The monoisotopic (exact) mass is 104 g/mol. The molecule has 0 spiro atoms. The smallest absolute Gasteiger partial charge is 0.109 e. The Bertz CT molecular complexity index is 77.3. The standard InChI is InChI=1S/C4H5ClO/c1-4(5)2-3-6/h4,6H,1H3. The zero-order chi connectivity index (χ0) is 4.99. The molecule has 2 heteroatoms. The van der Waals surface area contributed by atoms with E-state index in [4.69, 9.17) is 16.7 Å². The highest BCUT2D eigenvalue weighted by Gasteiger charge is 1.80. The second kappa shape index (κ2) is 2.87. The highest BCUT2D eigenvalue weighted by molar-refractivity contribution is 6.22. The van der Waals surface area contributed by atoms with Gasteiger partial charge in [-0.2, -0.15) is 0 Å². The molecule has 34 valence electrons. The lowest BCUT2D eigenvalue weighted by molar-refractivity contribution is 0.516. The fourth-order valence-electron chi connectivity index (χ4n) is 0.0889. The first-order chi connectivity index (χ1) is 2.77. The summed E-state index contributed by atoms with van der Waals surface area (Å²) in [7, 11) is 0. The Morgan fingerprint density at radius 1 is 1.83 bits per heavy atom. The van der Waals surface area contributed by atoms with Gasteiger partial charge in [0.15, 0.2) is 0 Å². The number of hydrogen-bond acceptors (Lipinski definition) is 1. The molecule has 0 saturated heterocycles. The molecule has 0 fully saturated rings. The molecule has 1 unspecified atom stereocenters. The first-order valence-corrected chi connectivity index (χ1v) is 1.99. The van der Waals surface area contributed by atoms with E-state index in [-0.39, 0.29) is 5.38 Å². The fraction of sp³-hybridized carbons (Fsp3) is 0.500. The second-order valence-electron chi connectivity index (χ2n) is 0.872. The molecule has 1 N–H and O–H groups in total. The van der Waals surface area contributed by atoms with Crippen LogP contribution in [0.4, 0.5) is 0 Å². The predicted molar refractivity (Wildman–Crippen MR) is 25.0 cm³/mol. The SMILES string of the molecule is CC(Cl)C#CO. The van der Waals surface area contributed by atoms with Gasteiger partial charge in [0, 0.05) is 0 Å². The largest absolute Gasteiger partial charge is 0.462 e. The van der Waals surface area contributed by atoms with Crippen molar-refractivity contribution < 1.29 is 5.11 Å². The van der Waals surface area contributed by atoms with Crippen molar-refractivity contribution in [2.45, 2.75) is 12.3 Å². The van der Waals surface area contributed by atoms with Crippen molar-refractivity contribution in [3.8, 4) is 12.0 Å². The molecule has 0 aromatic rings. The maximum Gasteiger partial charge on any atom is 0.109 e. The van der Waals surface area contributed by atoms with Crippen LogP contribution >= 0.6 is 11.6 Å². The zero-order valence-electron chi connectivity index (χ0n) is 3.40. The molecule has 1 atom stereocenters. The van der Waals surface area contributed by atoms with E-state index >= 15 is 0 Å². The highest BCUT2D eigenvalue weighted by atomic mass is 35.5. The van der Waals surface area contributed by atoms with Crippen molar-refractivity contribution in [2.75, 3.05) is 0 Å². The average Bonchev–Trinajstić information content (AvgIpc) is 1.35. The van der Waals surface area contributed by atoms with Crippen LogP contribution in [0, 0.1) is 12.0 Å². The number of alkyl halides is 1. The lowest BCUT2D eigenvalue weighted by Crippen LogP contribution is -1.79. The van der Waals surface area contributed by atoms with Crippen LogP contribution in [-0.2, 0) is 0 Å². The van der Waals surface area contributed by atoms with E-state index in [1.54, 1.807) is 13.0 Å². The maximum absolute atomic E-state index is 7.79. The van der Waals surface area contributed by atoms with E-state index in [0.717, 1.165) is 0 Å². The maximum atomic E-state index is 7.79. The lowest BCUT2D eigenvalue weighted by Gasteiger charge is -1.77. The van der Waals surface area contributed by atoms with Gasteiger partial charge in [0.25, 0.3) is 0 Å². The normalized spacial score (nSPS) is 11.7. The van der Waals surface area contributed by atoms with Crippen molar-refractivity contribution in [3.63, 3.8) is 0 Å². The highest BCUT2D eigenvalue weighted by Crippen LogP contribution is 1.86. The molecule has 0 rings (SSSR count). The van der Waals surface area contributed by atoms with Crippen molar-refractivity contribution >= 4 is 11.6 Å². The zero-order valence-corrected chi connectivity index (χ0v) is 4.16. The molecule has 0 heterocycles. The molecule has 0 amide bonds. The Morgan fingerprint density at radius 3 is 2.33 bits per heavy atom. The summed E-state index contributed by atoms with van der Waals surface area (Å²) in [5.74, 6) is 2.28. The first-order valence-electron chi connectivity index (χ1n) is 1.56. The molecule has 0 aliphatic rings. The Morgan fingerprint density at radius 2 is 2.33 bits per heavy atom. The van der Waals surface area contributed by atoms with E-state index in [9.17, 15) is 0 Å². The Kier molecular flexibility index (Phi) is 2.70. The molecule has 1 nitrogen and oxygen atoms in total. The van der Waals surface area contributed by atoms with Crippen LogP contribution in [-0.4, -0.2) is 10.5 Å². The molecule has 6 heavy (non-hydrogen) atoms. The Hall–Kier alpha value is -0.350. The molecule has 0 aromatic carbocycles. The van der Waals surface area contributed by atoms with Gasteiger partial charge in [-0.15, -0.1) is 11.6 Å². The molecular formula is C4H5ClO. The van der Waals surface area contributed by atoms with Crippen LogP contribution in [0.1, 0.15) is 6.92 Å². The summed E-state index contributed by atoms with van der Waals surface area (Å²) in [6, 6.07) is 0. The quantitative estimate of drug-likeness (QED) is 0.358. The lowest BCUT2D eigenvalue weighted by atomic mass is 10.5. The van der Waals surface area contributed by atoms with Gasteiger partial charge in [-0.05, 0) is 12.8 Å². The Labute approximate surface area is 41.9 Å². The number of halogens is 1. The third kappa shape index (κ3) is 3.65. The van der Waals surface area contributed by atoms with Gasteiger partial charge < -0.3 is 5.11 Å². The number of hydrogen-bond donors (Lipinski definition) is 1. The average molecular weight is 105 g/mol. The van der Waals surface area contributed by atoms with Gasteiger partial charge in [-0.3, -0.25) is 0 Å². The van der Waals surface area contributed by atoms with Crippen molar-refractivity contribution in [3.05, 3.63) is 0 Å². The second-order valence-corrected chi connectivity index (χ2v) is 1.53. The third-order valence-corrected chi connectivity index (χ3v) is 0.373. The van der Waals surface area contributed by atoms with Gasteiger partial charge in [-0.25, -0.2) is 0 Å². The molecule has 0 aliphatic carbocycles. The summed E-state index contributed by atoms with van der Waals surface area (Å²) < 4.78 is 0. The number of rotatable bonds is 0. The molecular weight excluding hydrogens is 99.5 g/mol. The van der Waals surface area contributed by atoms with Gasteiger partial charge >= 0.3 is 0 Å². The van der Waals surface area contributed by atoms with Crippen LogP contribution in [0.15, 0.2) is 0 Å². The van der Waals surface area contributed by atoms with Gasteiger partial charge in [0.2, 0.25) is 0 Å². The van der Waals surface area contributed by atoms with Gasteiger partial charge in [-0.1, -0.05) is 0 Å². The summed E-state index contributed by atoms with van der Waals surface area (Å²) in [5.41, 5.74) is 0. The summed E-state index contributed by atoms with van der Waals surface area (Å²) in [4.78, 5) is 0. The minimum absolute atomic E-state index is 0.241. The van der Waals surface area contributed by atoms with Crippen molar-refractivity contribution in [1.29, 1.82) is 0 Å². The van der Waals surface area contributed by atoms with E-state index in [1.165, 1.54) is 0 Å². The summed E-state index contributed by atoms with van der Waals surface area (Å²) in [5, 5.41) is 7.55. The molecule has 0 aromatic heterocycles. The van der Waals surface area contributed by atoms with Crippen LogP contribution in [0.2, 0.25) is 0 Å². The summed E-state index contributed by atoms with van der Waals surface area (Å²) in [6.45, 7) is 1.69. The van der Waals surface area contributed by atoms with E-state index in [1.807, 2.05) is 0 Å². The van der Waals surface area contributed by atoms with Crippen LogP contribution in [0.25, 0.3) is 0 Å².